The van der Waals surface area contributed by atoms with Crippen LogP contribution in [-0.4, -0.2) is 41.7 Å². The fourth-order valence-electron chi connectivity index (χ4n) is 2.52. The van der Waals surface area contributed by atoms with Gasteiger partial charge >= 0.3 is 5.97 Å². The first-order chi connectivity index (χ1) is 6.89. The molecule has 4 nitrogen and oxygen atoms in total. The first kappa shape index (κ1) is 12.5. The number of nitrogens with zero attached hydrogens (tertiary/aromatic N) is 1. The van der Waals surface area contributed by atoms with Crippen molar-refractivity contribution in [1.29, 1.82) is 0 Å². The van der Waals surface area contributed by atoms with E-state index >= 15 is 0 Å². The molecule has 1 aliphatic rings. The van der Waals surface area contributed by atoms with Crippen LogP contribution in [0, 0.1) is 5.92 Å². The lowest BCUT2D eigenvalue weighted by Gasteiger charge is -2.43. The van der Waals surface area contributed by atoms with Crippen molar-refractivity contribution in [2.45, 2.75) is 44.2 Å². The van der Waals surface area contributed by atoms with Gasteiger partial charge in [0.1, 0.15) is 5.54 Å². The van der Waals surface area contributed by atoms with Gasteiger partial charge < -0.3 is 15.7 Å². The third-order valence-corrected chi connectivity index (χ3v) is 3.81. The Bertz CT molecular complexity index is 243. The Morgan fingerprint density at radius 1 is 1.53 bits per heavy atom. The molecule has 0 aromatic rings. The predicted molar refractivity (Wildman–Crippen MR) is 59.7 cm³/mol. The number of nitrogens with two attached hydrogens (primary N) is 1. The maximum absolute atomic E-state index is 11.3. The molecule has 0 heterocycles. The third kappa shape index (κ3) is 2.32. The molecule has 3 N–H and O–H groups in total. The van der Waals surface area contributed by atoms with Crippen LogP contribution < -0.4 is 5.73 Å². The van der Waals surface area contributed by atoms with Crippen molar-refractivity contribution in [3.05, 3.63) is 0 Å². The third-order valence-electron chi connectivity index (χ3n) is 3.81. The molecule has 1 aliphatic carbocycles. The lowest BCUT2D eigenvalue weighted by molar-refractivity contribution is -0.148. The second-order valence-corrected chi connectivity index (χ2v) is 4.90. The molecule has 0 saturated heterocycles. The number of hydrogen-bond acceptors (Lipinski definition) is 3. The summed E-state index contributed by atoms with van der Waals surface area (Å²) in [5, 5.41) is 9.26. The minimum absolute atomic E-state index is 0.0544. The smallest absolute Gasteiger partial charge is 0.324 e. The van der Waals surface area contributed by atoms with E-state index in [0.29, 0.717) is 6.42 Å². The predicted octanol–water partition coefficient (Wildman–Crippen LogP) is 0.909. The van der Waals surface area contributed by atoms with E-state index in [0.717, 1.165) is 19.3 Å². The monoisotopic (exact) mass is 214 g/mol. The molecule has 1 fully saturated rings. The average molecular weight is 214 g/mol. The van der Waals surface area contributed by atoms with Gasteiger partial charge in [-0.15, -0.1) is 0 Å². The summed E-state index contributed by atoms with van der Waals surface area (Å²) >= 11 is 0. The molecular formula is C11H22N2O2. The summed E-state index contributed by atoms with van der Waals surface area (Å²) in [6.45, 7) is 2.06. The zero-order chi connectivity index (χ0) is 11.6. The lowest BCUT2D eigenvalue weighted by atomic mass is 9.70. The fraction of sp³-hybridized carbons (Fsp3) is 0.909. The average Bonchev–Trinajstić information content (AvgIpc) is 2.17. The molecule has 0 aromatic heterocycles. The summed E-state index contributed by atoms with van der Waals surface area (Å²) in [7, 11) is 3.95. The van der Waals surface area contributed by atoms with E-state index in [4.69, 9.17) is 5.73 Å². The van der Waals surface area contributed by atoms with Gasteiger partial charge in [0.25, 0.3) is 0 Å². The molecule has 0 aliphatic heterocycles. The van der Waals surface area contributed by atoms with Gasteiger partial charge in [-0.3, -0.25) is 4.79 Å². The molecule has 88 valence electrons. The van der Waals surface area contributed by atoms with Gasteiger partial charge in [0.2, 0.25) is 0 Å². The number of carbonyl (C=O) groups is 1. The van der Waals surface area contributed by atoms with Gasteiger partial charge in [-0.05, 0) is 33.9 Å². The van der Waals surface area contributed by atoms with Gasteiger partial charge in [0, 0.05) is 12.0 Å². The van der Waals surface area contributed by atoms with Crippen LogP contribution in [0.1, 0.15) is 32.6 Å². The summed E-state index contributed by atoms with van der Waals surface area (Å²) in [5.74, 6) is -0.792. The van der Waals surface area contributed by atoms with Crippen molar-refractivity contribution in [1.82, 2.24) is 4.90 Å². The molecule has 1 rings (SSSR count). The van der Waals surface area contributed by atoms with Gasteiger partial charge in [-0.25, -0.2) is 0 Å². The molecular weight excluding hydrogens is 192 g/mol. The van der Waals surface area contributed by atoms with Gasteiger partial charge in [-0.2, -0.15) is 0 Å². The van der Waals surface area contributed by atoms with Crippen LogP contribution in [0.25, 0.3) is 0 Å². The molecule has 0 spiro atoms. The topological polar surface area (TPSA) is 66.6 Å². The lowest BCUT2D eigenvalue weighted by Crippen LogP contribution is -2.60. The maximum Gasteiger partial charge on any atom is 0.324 e. The Labute approximate surface area is 91.4 Å². The summed E-state index contributed by atoms with van der Waals surface area (Å²) in [5.41, 5.74) is 5.03. The van der Waals surface area contributed by atoms with Crippen LogP contribution >= 0.6 is 0 Å². The summed E-state index contributed by atoms with van der Waals surface area (Å²) in [6, 6.07) is 0.214. The maximum atomic E-state index is 11.3. The number of hydrogen-bond donors (Lipinski definition) is 2. The standard InChI is InChI=1S/C11H22N2O2/c1-8(13(2)3)9-6-4-5-7-11(9,12)10(14)15/h8-9H,4-7,12H2,1-3H3,(H,14,15)/t8?,9?,11-/m1/s1. The molecule has 15 heavy (non-hydrogen) atoms. The Balaban J connectivity index is 2.87. The van der Waals surface area contributed by atoms with Gasteiger partial charge in [-0.1, -0.05) is 12.8 Å². The van der Waals surface area contributed by atoms with Crippen molar-refractivity contribution >= 4 is 5.97 Å². The Hall–Kier alpha value is -0.610. The summed E-state index contributed by atoms with van der Waals surface area (Å²) < 4.78 is 0. The number of rotatable bonds is 3. The highest BCUT2D eigenvalue weighted by Crippen LogP contribution is 2.35. The molecule has 0 aromatic carbocycles. The molecule has 2 unspecified atom stereocenters. The molecule has 3 atom stereocenters. The van der Waals surface area contributed by atoms with Crippen LogP contribution in [0.2, 0.25) is 0 Å². The molecule has 0 radical (unpaired) electrons. The first-order valence-corrected chi connectivity index (χ1v) is 5.58. The van der Waals surface area contributed by atoms with Crippen LogP contribution in [-0.2, 0) is 4.79 Å². The second-order valence-electron chi connectivity index (χ2n) is 4.90. The van der Waals surface area contributed by atoms with Gasteiger partial charge in [0.15, 0.2) is 0 Å². The van der Waals surface area contributed by atoms with Crippen molar-refractivity contribution < 1.29 is 9.90 Å². The Morgan fingerprint density at radius 3 is 2.60 bits per heavy atom. The summed E-state index contributed by atoms with van der Waals surface area (Å²) in [4.78, 5) is 13.3. The minimum Gasteiger partial charge on any atom is -0.480 e. The van der Waals surface area contributed by atoms with Crippen molar-refractivity contribution in [2.24, 2.45) is 11.7 Å². The van der Waals surface area contributed by atoms with Crippen LogP contribution in [0.15, 0.2) is 0 Å². The SMILES string of the molecule is CC(C1CCCC[C@]1(N)C(=O)O)N(C)C. The highest BCUT2D eigenvalue weighted by molar-refractivity contribution is 5.79. The van der Waals surface area contributed by atoms with E-state index in [1.54, 1.807) is 0 Å². The van der Waals surface area contributed by atoms with Crippen molar-refractivity contribution in [3.8, 4) is 0 Å². The van der Waals surface area contributed by atoms with E-state index in [1.807, 2.05) is 14.1 Å². The van der Waals surface area contributed by atoms with E-state index < -0.39 is 11.5 Å². The van der Waals surface area contributed by atoms with E-state index in [2.05, 4.69) is 11.8 Å². The van der Waals surface area contributed by atoms with Crippen molar-refractivity contribution in [2.75, 3.05) is 14.1 Å². The number of carboxylic acid groups (broad SMARTS) is 1. The zero-order valence-corrected chi connectivity index (χ0v) is 9.86. The molecule has 0 amide bonds. The zero-order valence-electron chi connectivity index (χ0n) is 9.86. The van der Waals surface area contributed by atoms with Gasteiger partial charge in [0.05, 0.1) is 0 Å². The minimum atomic E-state index is -1.03. The number of carboxylic acids is 1. The Morgan fingerprint density at radius 2 is 2.13 bits per heavy atom. The highest BCUT2D eigenvalue weighted by atomic mass is 16.4. The van der Waals surface area contributed by atoms with Crippen LogP contribution in [0.3, 0.4) is 0 Å². The Kier molecular flexibility index (Phi) is 3.73. The van der Waals surface area contributed by atoms with Crippen LogP contribution in [0.5, 0.6) is 0 Å². The van der Waals surface area contributed by atoms with E-state index in [1.165, 1.54) is 0 Å². The quantitative estimate of drug-likeness (QED) is 0.733. The first-order valence-electron chi connectivity index (χ1n) is 5.58. The highest BCUT2D eigenvalue weighted by Gasteiger charge is 2.46. The van der Waals surface area contributed by atoms with Crippen LogP contribution in [0.4, 0.5) is 0 Å². The van der Waals surface area contributed by atoms with Crippen molar-refractivity contribution in [3.63, 3.8) is 0 Å². The molecule has 0 bridgehead atoms. The largest absolute Gasteiger partial charge is 0.480 e. The molecule has 4 heteroatoms. The number of aliphatic carboxylic acids is 1. The summed E-state index contributed by atoms with van der Waals surface area (Å²) in [6.07, 6.45) is 3.54. The van der Waals surface area contributed by atoms with E-state index in [-0.39, 0.29) is 12.0 Å². The fourth-order valence-corrected chi connectivity index (χ4v) is 2.52. The van der Waals surface area contributed by atoms with E-state index in [9.17, 15) is 9.90 Å². The molecule has 1 saturated carbocycles. The normalized spacial score (nSPS) is 34.1. The second kappa shape index (κ2) is 4.49.